The number of benzene rings is 1. The minimum absolute atomic E-state index is 0.792. The lowest BCUT2D eigenvalue weighted by Gasteiger charge is -2.28. The van der Waals surface area contributed by atoms with E-state index in [9.17, 15) is 0 Å². The average Bonchev–Trinajstić information content (AvgIpc) is 2.86. The third-order valence-corrected chi connectivity index (χ3v) is 7.53. The second-order valence-electron chi connectivity index (χ2n) is 10.3. The Morgan fingerprint density at radius 1 is 0.727 bits per heavy atom. The van der Waals surface area contributed by atoms with Gasteiger partial charge in [0.25, 0.3) is 0 Å². The van der Waals surface area contributed by atoms with Crippen molar-refractivity contribution in [3.05, 3.63) is 48.2 Å². The Balaban J connectivity index is 1.36. The lowest BCUT2D eigenvalue weighted by Crippen LogP contribution is -2.15. The summed E-state index contributed by atoms with van der Waals surface area (Å²) in [5.74, 6) is 2.83. The Bertz CT molecular complexity index is 743. The highest BCUT2D eigenvalue weighted by atomic mass is 16.5. The molecule has 2 heteroatoms. The number of hydrogen-bond donors (Lipinski definition) is 0. The summed E-state index contributed by atoms with van der Waals surface area (Å²) >= 11 is 0. The van der Waals surface area contributed by atoms with Crippen molar-refractivity contribution >= 4 is 0 Å². The van der Waals surface area contributed by atoms with Gasteiger partial charge < -0.3 is 4.74 Å². The Kier molecular flexibility index (Phi) is 11.8. The van der Waals surface area contributed by atoms with E-state index in [0.717, 1.165) is 36.3 Å². The van der Waals surface area contributed by atoms with E-state index in [1.807, 2.05) is 6.20 Å². The lowest BCUT2D eigenvalue weighted by molar-refractivity contribution is 0.249. The first-order valence-corrected chi connectivity index (χ1v) is 14.0. The molecular weight excluding hydrogens is 402 g/mol. The molecule has 182 valence electrons. The van der Waals surface area contributed by atoms with Crippen LogP contribution in [0.5, 0.6) is 5.75 Å². The van der Waals surface area contributed by atoms with E-state index in [1.54, 1.807) is 0 Å². The van der Waals surface area contributed by atoms with Crippen molar-refractivity contribution in [3.8, 4) is 17.0 Å². The van der Waals surface area contributed by atoms with Crippen LogP contribution < -0.4 is 4.74 Å². The van der Waals surface area contributed by atoms with Crippen molar-refractivity contribution < 1.29 is 4.74 Å². The fourth-order valence-corrected chi connectivity index (χ4v) is 5.24. The second-order valence-corrected chi connectivity index (χ2v) is 10.3. The predicted molar refractivity (Wildman–Crippen MR) is 142 cm³/mol. The topological polar surface area (TPSA) is 22.1 Å². The first-order valence-electron chi connectivity index (χ1n) is 14.0. The molecule has 3 rings (SSSR count). The van der Waals surface area contributed by atoms with Gasteiger partial charge in [0.05, 0.1) is 18.5 Å². The Morgan fingerprint density at radius 3 is 2.06 bits per heavy atom. The largest absolute Gasteiger partial charge is 0.492 e. The molecule has 1 aromatic heterocycles. The van der Waals surface area contributed by atoms with Crippen LogP contribution in [0.3, 0.4) is 0 Å². The highest BCUT2D eigenvalue weighted by molar-refractivity contribution is 5.59. The van der Waals surface area contributed by atoms with Crippen LogP contribution in [0.4, 0.5) is 0 Å². The molecule has 0 bridgehead atoms. The molecule has 0 radical (unpaired) electrons. The van der Waals surface area contributed by atoms with E-state index in [-0.39, 0.29) is 0 Å². The first-order chi connectivity index (χ1) is 16.3. The number of aryl methyl sites for hydroxylation is 1. The van der Waals surface area contributed by atoms with Crippen LogP contribution in [0.2, 0.25) is 0 Å². The standard InChI is InChI=1S/C31H47NO/c1-3-5-7-8-10-24-33-30-22-23-31(32-25-30)29-20-18-28(19-21-29)17-16-27-14-12-26(13-15-27)11-9-6-4-2/h18-23,25-27H,3-17,24H2,1-2H3. The maximum absolute atomic E-state index is 5.85. The van der Waals surface area contributed by atoms with Gasteiger partial charge in [0.2, 0.25) is 0 Å². The van der Waals surface area contributed by atoms with E-state index in [2.05, 4.69) is 55.2 Å². The smallest absolute Gasteiger partial charge is 0.137 e. The quantitative estimate of drug-likeness (QED) is 0.253. The lowest BCUT2D eigenvalue weighted by atomic mass is 9.78. The number of rotatable bonds is 15. The average molecular weight is 450 g/mol. The van der Waals surface area contributed by atoms with E-state index < -0.39 is 0 Å². The van der Waals surface area contributed by atoms with E-state index in [4.69, 9.17) is 4.74 Å². The molecule has 0 unspecified atom stereocenters. The zero-order valence-corrected chi connectivity index (χ0v) is 21.4. The molecule has 1 fully saturated rings. The number of nitrogens with zero attached hydrogens (tertiary/aromatic N) is 1. The van der Waals surface area contributed by atoms with Gasteiger partial charge in [-0.3, -0.25) is 4.98 Å². The second kappa shape index (κ2) is 15.1. The van der Waals surface area contributed by atoms with Crippen molar-refractivity contribution in [1.82, 2.24) is 4.98 Å². The summed E-state index contributed by atoms with van der Waals surface area (Å²) in [6, 6.07) is 13.2. The van der Waals surface area contributed by atoms with Gasteiger partial charge in [0, 0.05) is 5.56 Å². The van der Waals surface area contributed by atoms with Gasteiger partial charge in [-0.25, -0.2) is 0 Å². The van der Waals surface area contributed by atoms with Crippen molar-refractivity contribution in [2.45, 2.75) is 110 Å². The van der Waals surface area contributed by atoms with Crippen molar-refractivity contribution in [2.24, 2.45) is 11.8 Å². The zero-order valence-electron chi connectivity index (χ0n) is 21.4. The number of unbranched alkanes of at least 4 members (excludes halogenated alkanes) is 6. The number of pyridine rings is 1. The van der Waals surface area contributed by atoms with E-state index >= 15 is 0 Å². The van der Waals surface area contributed by atoms with Crippen LogP contribution in [0.1, 0.15) is 109 Å². The molecule has 33 heavy (non-hydrogen) atoms. The van der Waals surface area contributed by atoms with Crippen LogP contribution in [0.25, 0.3) is 11.3 Å². The number of hydrogen-bond acceptors (Lipinski definition) is 2. The van der Waals surface area contributed by atoms with Crippen molar-refractivity contribution in [3.63, 3.8) is 0 Å². The molecule has 1 aliphatic carbocycles. The van der Waals surface area contributed by atoms with Crippen LogP contribution in [0.15, 0.2) is 42.6 Å². The third-order valence-electron chi connectivity index (χ3n) is 7.53. The summed E-state index contributed by atoms with van der Waals surface area (Å²) < 4.78 is 5.85. The Hall–Kier alpha value is -1.83. The molecule has 1 aliphatic rings. The molecule has 0 atom stereocenters. The van der Waals surface area contributed by atoms with E-state index in [0.29, 0.717) is 0 Å². The molecule has 0 spiro atoms. The SMILES string of the molecule is CCCCCCCOc1ccc(-c2ccc(CCC3CCC(CCCCC)CC3)cc2)nc1. The van der Waals surface area contributed by atoms with Gasteiger partial charge in [0.15, 0.2) is 0 Å². The number of aromatic nitrogens is 1. The van der Waals surface area contributed by atoms with Crippen LogP contribution in [-0.4, -0.2) is 11.6 Å². The van der Waals surface area contributed by atoms with Gasteiger partial charge in [-0.1, -0.05) is 115 Å². The summed E-state index contributed by atoms with van der Waals surface area (Å²) in [7, 11) is 0. The molecule has 2 nitrogen and oxygen atoms in total. The summed E-state index contributed by atoms with van der Waals surface area (Å²) in [6.07, 6.45) is 22.3. The van der Waals surface area contributed by atoms with Crippen molar-refractivity contribution in [2.75, 3.05) is 6.61 Å². The minimum Gasteiger partial charge on any atom is -0.492 e. The van der Waals surface area contributed by atoms with Gasteiger partial charge >= 0.3 is 0 Å². The summed E-state index contributed by atoms with van der Waals surface area (Å²) in [5.41, 5.74) is 3.68. The van der Waals surface area contributed by atoms with Gasteiger partial charge in [-0.05, 0) is 48.8 Å². The first kappa shape index (κ1) is 25.8. The molecule has 1 aromatic carbocycles. The van der Waals surface area contributed by atoms with Crippen LogP contribution >= 0.6 is 0 Å². The fraction of sp³-hybridized carbons (Fsp3) is 0.645. The Morgan fingerprint density at radius 2 is 1.39 bits per heavy atom. The Labute approximate surface area is 203 Å². The highest BCUT2D eigenvalue weighted by Gasteiger charge is 2.20. The summed E-state index contributed by atoms with van der Waals surface area (Å²) in [6.45, 7) is 5.35. The highest BCUT2D eigenvalue weighted by Crippen LogP contribution is 2.34. The fourth-order valence-electron chi connectivity index (χ4n) is 5.24. The zero-order chi connectivity index (χ0) is 23.1. The van der Waals surface area contributed by atoms with Crippen LogP contribution in [0, 0.1) is 11.8 Å². The van der Waals surface area contributed by atoms with Crippen LogP contribution in [-0.2, 0) is 6.42 Å². The molecule has 1 heterocycles. The molecule has 1 saturated carbocycles. The molecule has 0 aliphatic heterocycles. The maximum Gasteiger partial charge on any atom is 0.137 e. The predicted octanol–water partition coefficient (Wildman–Crippen LogP) is 9.42. The molecule has 2 aromatic rings. The normalized spacial score (nSPS) is 18.4. The van der Waals surface area contributed by atoms with Gasteiger partial charge in [0.1, 0.15) is 5.75 Å². The minimum atomic E-state index is 0.792. The molecule has 0 amide bonds. The molecule has 0 N–H and O–H groups in total. The monoisotopic (exact) mass is 449 g/mol. The summed E-state index contributed by atoms with van der Waals surface area (Å²) in [5, 5.41) is 0. The van der Waals surface area contributed by atoms with E-state index in [1.165, 1.54) is 101 Å². The molecular formula is C31H47NO. The molecule has 0 saturated heterocycles. The maximum atomic E-state index is 5.85. The summed E-state index contributed by atoms with van der Waals surface area (Å²) in [4.78, 5) is 4.64. The number of ether oxygens (including phenoxy) is 1. The van der Waals surface area contributed by atoms with Gasteiger partial charge in [-0.2, -0.15) is 0 Å². The van der Waals surface area contributed by atoms with Gasteiger partial charge in [-0.15, -0.1) is 0 Å². The third kappa shape index (κ3) is 9.51. The van der Waals surface area contributed by atoms with Crippen molar-refractivity contribution in [1.29, 1.82) is 0 Å².